The molecule has 3 atom stereocenters. The molecular weight excluding hydrogens is 240 g/mol. The number of aryl methyl sites for hydroxylation is 1. The van der Waals surface area contributed by atoms with Gasteiger partial charge in [-0.15, -0.1) is 0 Å². The fraction of sp³-hybridized carbons (Fsp3) is 0.733. The third-order valence-corrected chi connectivity index (χ3v) is 5.96. The zero-order valence-corrected chi connectivity index (χ0v) is 12.1. The average molecular weight is 262 g/mol. The van der Waals surface area contributed by atoms with Crippen LogP contribution in [0.4, 0.5) is 0 Å². The number of amides is 1. The van der Waals surface area contributed by atoms with Crippen LogP contribution in [0.15, 0.2) is 10.6 Å². The highest BCUT2D eigenvalue weighted by atomic mass is 16.5. The van der Waals surface area contributed by atoms with Crippen LogP contribution in [-0.2, 0) is 0 Å². The first kappa shape index (κ1) is 12.7. The summed E-state index contributed by atoms with van der Waals surface area (Å²) in [7, 11) is 0. The fourth-order valence-electron chi connectivity index (χ4n) is 4.13. The Kier molecular flexibility index (Phi) is 2.57. The number of fused-ring (bicyclic) bond motifs is 2. The monoisotopic (exact) mass is 262 g/mol. The van der Waals surface area contributed by atoms with Crippen LogP contribution in [0.25, 0.3) is 0 Å². The van der Waals surface area contributed by atoms with Crippen molar-refractivity contribution in [2.45, 2.75) is 53.0 Å². The lowest BCUT2D eigenvalue weighted by Crippen LogP contribution is -2.46. The summed E-state index contributed by atoms with van der Waals surface area (Å²) in [6, 6.07) is 1.95. The summed E-state index contributed by atoms with van der Waals surface area (Å²) in [4.78, 5) is 12.2. The molecule has 104 valence electrons. The molecule has 2 aliphatic rings. The van der Waals surface area contributed by atoms with E-state index in [9.17, 15) is 4.79 Å². The molecule has 1 aromatic heterocycles. The fourth-order valence-corrected chi connectivity index (χ4v) is 4.13. The first-order valence-corrected chi connectivity index (χ1v) is 7.09. The van der Waals surface area contributed by atoms with Crippen LogP contribution in [-0.4, -0.2) is 17.1 Å². The molecule has 3 rings (SSSR count). The van der Waals surface area contributed by atoms with Crippen molar-refractivity contribution in [3.63, 3.8) is 0 Å². The molecule has 4 nitrogen and oxygen atoms in total. The summed E-state index contributed by atoms with van der Waals surface area (Å²) in [6.45, 7) is 8.80. The zero-order valence-electron chi connectivity index (χ0n) is 12.1. The third kappa shape index (κ3) is 1.65. The molecule has 3 unspecified atom stereocenters. The predicted molar refractivity (Wildman–Crippen MR) is 71.7 cm³/mol. The Morgan fingerprint density at radius 1 is 1.47 bits per heavy atom. The van der Waals surface area contributed by atoms with Gasteiger partial charge in [-0.1, -0.05) is 25.9 Å². The van der Waals surface area contributed by atoms with E-state index in [-0.39, 0.29) is 17.4 Å². The van der Waals surface area contributed by atoms with Crippen molar-refractivity contribution in [2.24, 2.45) is 16.7 Å². The second-order valence-corrected chi connectivity index (χ2v) is 6.96. The topological polar surface area (TPSA) is 55.1 Å². The minimum Gasteiger partial charge on any atom is -0.361 e. The minimum atomic E-state index is -0.105. The Labute approximate surface area is 113 Å². The van der Waals surface area contributed by atoms with E-state index in [1.54, 1.807) is 13.0 Å². The predicted octanol–water partition coefficient (Wildman–Crippen LogP) is 2.93. The largest absolute Gasteiger partial charge is 0.361 e. The van der Waals surface area contributed by atoms with E-state index in [1.165, 1.54) is 12.8 Å². The highest BCUT2D eigenvalue weighted by Crippen LogP contribution is 2.65. The van der Waals surface area contributed by atoms with Gasteiger partial charge in [0, 0.05) is 12.1 Å². The lowest BCUT2D eigenvalue weighted by atomic mass is 9.69. The Bertz CT molecular complexity index is 520. The molecule has 1 amide bonds. The maximum atomic E-state index is 12.2. The van der Waals surface area contributed by atoms with Crippen molar-refractivity contribution in [3.05, 3.63) is 17.5 Å². The van der Waals surface area contributed by atoms with Crippen LogP contribution in [0.2, 0.25) is 0 Å². The van der Waals surface area contributed by atoms with E-state index in [4.69, 9.17) is 4.52 Å². The minimum absolute atomic E-state index is 0.105. The number of nitrogens with zero attached hydrogens (tertiary/aromatic N) is 1. The van der Waals surface area contributed by atoms with Crippen LogP contribution < -0.4 is 5.32 Å². The van der Waals surface area contributed by atoms with Gasteiger partial charge in [-0.2, -0.15) is 0 Å². The van der Waals surface area contributed by atoms with Gasteiger partial charge >= 0.3 is 0 Å². The summed E-state index contributed by atoms with van der Waals surface area (Å²) in [6.07, 6.45) is 3.58. The first-order chi connectivity index (χ1) is 8.84. The maximum absolute atomic E-state index is 12.2. The summed E-state index contributed by atoms with van der Waals surface area (Å²) < 4.78 is 4.97. The molecule has 2 aliphatic carbocycles. The van der Waals surface area contributed by atoms with Crippen molar-refractivity contribution in [2.75, 3.05) is 0 Å². The van der Waals surface area contributed by atoms with E-state index in [2.05, 4.69) is 31.2 Å². The summed E-state index contributed by atoms with van der Waals surface area (Å²) >= 11 is 0. The Morgan fingerprint density at radius 3 is 2.68 bits per heavy atom. The second-order valence-electron chi connectivity index (χ2n) is 6.96. The quantitative estimate of drug-likeness (QED) is 0.891. The highest BCUT2D eigenvalue weighted by Gasteiger charge is 2.61. The highest BCUT2D eigenvalue weighted by molar-refractivity contribution is 5.92. The summed E-state index contributed by atoms with van der Waals surface area (Å²) in [5.74, 6) is 1.29. The number of aromatic nitrogens is 1. The number of hydrogen-bond acceptors (Lipinski definition) is 3. The molecule has 1 N–H and O–H groups in total. The van der Waals surface area contributed by atoms with E-state index >= 15 is 0 Å². The number of hydrogen-bond donors (Lipinski definition) is 1. The van der Waals surface area contributed by atoms with E-state index < -0.39 is 0 Å². The van der Waals surface area contributed by atoms with E-state index in [1.807, 2.05) is 0 Å². The van der Waals surface area contributed by atoms with Crippen LogP contribution >= 0.6 is 0 Å². The second kappa shape index (κ2) is 3.84. The maximum Gasteiger partial charge on any atom is 0.273 e. The van der Waals surface area contributed by atoms with Gasteiger partial charge in [-0.25, -0.2) is 0 Å². The molecule has 0 aliphatic heterocycles. The van der Waals surface area contributed by atoms with Crippen LogP contribution in [0, 0.1) is 23.7 Å². The lowest BCUT2D eigenvalue weighted by Gasteiger charge is -2.39. The number of carbonyl (C=O) groups is 1. The molecule has 0 saturated heterocycles. The number of nitrogens with one attached hydrogen (secondary N) is 1. The molecule has 0 aromatic carbocycles. The summed E-state index contributed by atoms with van der Waals surface area (Å²) in [5.41, 5.74) is 0.901. The molecule has 0 radical (unpaired) electrons. The Hall–Kier alpha value is -1.32. The Morgan fingerprint density at radius 2 is 2.21 bits per heavy atom. The van der Waals surface area contributed by atoms with Gasteiger partial charge in [-0.05, 0) is 42.9 Å². The molecule has 2 saturated carbocycles. The number of carbonyl (C=O) groups excluding carboxylic acids is 1. The average Bonchev–Trinajstić information content (AvgIpc) is 2.91. The molecule has 2 bridgehead atoms. The SMILES string of the molecule is Cc1cc(C(=O)NC2CC3CCC2(C)C3(C)C)no1. The van der Waals surface area contributed by atoms with Crippen LogP contribution in [0.3, 0.4) is 0 Å². The van der Waals surface area contributed by atoms with Crippen molar-refractivity contribution in [1.82, 2.24) is 10.5 Å². The van der Waals surface area contributed by atoms with Crippen LogP contribution in [0.1, 0.15) is 56.3 Å². The molecular formula is C15H22N2O2. The van der Waals surface area contributed by atoms with Crippen molar-refractivity contribution in [1.29, 1.82) is 0 Å². The van der Waals surface area contributed by atoms with Gasteiger partial charge in [0.25, 0.3) is 5.91 Å². The summed E-state index contributed by atoms with van der Waals surface area (Å²) in [5, 5.41) is 6.97. The lowest BCUT2D eigenvalue weighted by molar-refractivity contribution is 0.0818. The normalized spacial score (nSPS) is 35.6. The Balaban J connectivity index is 1.77. The van der Waals surface area contributed by atoms with Gasteiger partial charge < -0.3 is 9.84 Å². The van der Waals surface area contributed by atoms with E-state index in [0.29, 0.717) is 16.9 Å². The van der Waals surface area contributed by atoms with Crippen molar-refractivity contribution in [3.8, 4) is 0 Å². The molecule has 4 heteroatoms. The van der Waals surface area contributed by atoms with Gasteiger partial charge in [0.05, 0.1) is 0 Å². The van der Waals surface area contributed by atoms with Crippen LogP contribution in [0.5, 0.6) is 0 Å². The smallest absolute Gasteiger partial charge is 0.273 e. The third-order valence-electron chi connectivity index (χ3n) is 5.96. The number of rotatable bonds is 2. The van der Waals surface area contributed by atoms with Gasteiger partial charge in [-0.3, -0.25) is 4.79 Å². The molecule has 1 aromatic rings. The van der Waals surface area contributed by atoms with Gasteiger partial charge in [0.15, 0.2) is 5.69 Å². The molecule has 0 spiro atoms. The zero-order chi connectivity index (χ0) is 13.8. The standard InChI is InChI=1S/C15H22N2O2/c1-9-7-11(17-19-9)13(18)16-12-8-10-5-6-15(12,4)14(10,2)3/h7,10,12H,5-6,8H2,1-4H3,(H,16,18). The molecule has 2 fully saturated rings. The molecule has 1 heterocycles. The van der Waals surface area contributed by atoms with Crippen molar-refractivity contribution >= 4 is 5.91 Å². The van der Waals surface area contributed by atoms with Crippen molar-refractivity contribution < 1.29 is 9.32 Å². The van der Waals surface area contributed by atoms with Gasteiger partial charge in [0.2, 0.25) is 0 Å². The first-order valence-electron chi connectivity index (χ1n) is 7.09. The van der Waals surface area contributed by atoms with Gasteiger partial charge in [0.1, 0.15) is 5.76 Å². The molecule has 19 heavy (non-hydrogen) atoms. The van der Waals surface area contributed by atoms with E-state index in [0.717, 1.165) is 12.3 Å².